The molecule has 7 nitrogen and oxygen atoms in total. The maximum absolute atomic E-state index is 10.9. The highest BCUT2D eigenvalue weighted by atomic mass is 32.2. The molecule has 2 aromatic carbocycles. The summed E-state index contributed by atoms with van der Waals surface area (Å²) in [5.41, 5.74) is 2.07. The van der Waals surface area contributed by atoms with Gasteiger partial charge in [-0.25, -0.2) is 0 Å². The van der Waals surface area contributed by atoms with Gasteiger partial charge in [-0.3, -0.25) is 4.55 Å². The molecule has 0 saturated heterocycles. The van der Waals surface area contributed by atoms with E-state index < -0.39 is 10.1 Å². The Kier molecular flexibility index (Phi) is 5.43. The average molecular weight is 335 g/mol. The number of aliphatic hydroxyl groups excluding tert-OH is 1. The standard InChI is InChI=1S/C15H17N3O4S/c1-18(10-11-19)14-6-2-12(3-7-14)16-17-13-4-8-15(9-5-13)23(20,21)22/h2-9,19H,10-11H2,1H3,(H,20,21,22). The lowest BCUT2D eigenvalue weighted by molar-refractivity contribution is 0.304. The van der Waals surface area contributed by atoms with Crippen LogP contribution in [-0.4, -0.2) is 38.3 Å². The van der Waals surface area contributed by atoms with Crippen molar-refractivity contribution in [2.75, 3.05) is 25.1 Å². The van der Waals surface area contributed by atoms with E-state index in [9.17, 15) is 8.42 Å². The van der Waals surface area contributed by atoms with Crippen LogP contribution in [0.1, 0.15) is 0 Å². The topological polar surface area (TPSA) is 103 Å². The second-order valence-corrected chi connectivity index (χ2v) is 6.25. The molecule has 2 aromatic rings. The molecule has 8 heteroatoms. The number of anilines is 1. The van der Waals surface area contributed by atoms with Crippen molar-refractivity contribution in [1.29, 1.82) is 0 Å². The van der Waals surface area contributed by atoms with Crippen LogP contribution in [0.5, 0.6) is 0 Å². The Balaban J connectivity index is 2.08. The minimum absolute atomic E-state index is 0.0809. The van der Waals surface area contributed by atoms with Crippen molar-refractivity contribution in [3.8, 4) is 0 Å². The Bertz CT molecular complexity index is 771. The summed E-state index contributed by atoms with van der Waals surface area (Å²) in [5.74, 6) is 0. The van der Waals surface area contributed by atoms with E-state index in [1.54, 1.807) is 12.1 Å². The third-order valence-electron chi connectivity index (χ3n) is 3.14. The predicted molar refractivity (Wildman–Crippen MR) is 87.2 cm³/mol. The molecule has 0 bridgehead atoms. The molecule has 0 unspecified atom stereocenters. The molecular formula is C15H17N3O4S. The molecule has 2 N–H and O–H groups in total. The first kappa shape index (κ1) is 17.1. The molecule has 0 amide bonds. The first-order valence-electron chi connectivity index (χ1n) is 6.81. The molecule has 23 heavy (non-hydrogen) atoms. The van der Waals surface area contributed by atoms with E-state index in [0.29, 0.717) is 17.9 Å². The fourth-order valence-corrected chi connectivity index (χ4v) is 2.33. The molecule has 122 valence electrons. The van der Waals surface area contributed by atoms with Gasteiger partial charge < -0.3 is 10.0 Å². The van der Waals surface area contributed by atoms with Gasteiger partial charge in [0.2, 0.25) is 0 Å². The normalized spacial score (nSPS) is 11.8. The summed E-state index contributed by atoms with van der Waals surface area (Å²) in [5, 5.41) is 17.0. The number of hydrogen-bond acceptors (Lipinski definition) is 6. The monoisotopic (exact) mass is 335 g/mol. The Morgan fingerprint density at radius 1 is 0.957 bits per heavy atom. The number of benzene rings is 2. The maximum atomic E-state index is 10.9. The quantitative estimate of drug-likeness (QED) is 0.624. The highest BCUT2D eigenvalue weighted by molar-refractivity contribution is 7.85. The lowest BCUT2D eigenvalue weighted by Gasteiger charge is -2.17. The minimum atomic E-state index is -4.20. The third-order valence-corrected chi connectivity index (χ3v) is 4.01. The van der Waals surface area contributed by atoms with Crippen molar-refractivity contribution in [2.24, 2.45) is 10.2 Å². The Morgan fingerprint density at radius 2 is 1.43 bits per heavy atom. The highest BCUT2D eigenvalue weighted by Gasteiger charge is 2.08. The lowest BCUT2D eigenvalue weighted by atomic mass is 10.2. The van der Waals surface area contributed by atoms with E-state index in [1.807, 2.05) is 24.1 Å². The van der Waals surface area contributed by atoms with Crippen LogP contribution in [0.4, 0.5) is 17.1 Å². The Morgan fingerprint density at radius 3 is 1.87 bits per heavy atom. The van der Waals surface area contributed by atoms with Crippen molar-refractivity contribution in [3.63, 3.8) is 0 Å². The van der Waals surface area contributed by atoms with Crippen LogP contribution in [0.15, 0.2) is 63.7 Å². The van der Waals surface area contributed by atoms with Crippen LogP contribution in [0, 0.1) is 0 Å². The number of rotatable bonds is 6. The van der Waals surface area contributed by atoms with Gasteiger partial charge in [0, 0.05) is 19.3 Å². The lowest BCUT2D eigenvalue weighted by Crippen LogP contribution is -2.20. The van der Waals surface area contributed by atoms with Gasteiger partial charge >= 0.3 is 0 Å². The van der Waals surface area contributed by atoms with Crippen molar-refractivity contribution in [3.05, 3.63) is 48.5 Å². The van der Waals surface area contributed by atoms with Crippen LogP contribution in [-0.2, 0) is 10.1 Å². The van der Waals surface area contributed by atoms with Gasteiger partial charge in [-0.2, -0.15) is 18.6 Å². The fraction of sp³-hybridized carbons (Fsp3) is 0.200. The zero-order chi connectivity index (χ0) is 16.9. The molecule has 0 radical (unpaired) electrons. The molecule has 0 aliphatic carbocycles. The largest absolute Gasteiger partial charge is 0.395 e. The van der Waals surface area contributed by atoms with Crippen LogP contribution in [0.2, 0.25) is 0 Å². The number of azo groups is 1. The first-order chi connectivity index (χ1) is 10.9. The smallest absolute Gasteiger partial charge is 0.294 e. The summed E-state index contributed by atoms with van der Waals surface area (Å²) < 4.78 is 30.8. The van der Waals surface area contributed by atoms with Crippen molar-refractivity contribution >= 4 is 27.2 Å². The van der Waals surface area contributed by atoms with Crippen LogP contribution in [0.25, 0.3) is 0 Å². The molecule has 0 fully saturated rings. The van der Waals surface area contributed by atoms with E-state index in [0.717, 1.165) is 5.69 Å². The van der Waals surface area contributed by atoms with E-state index in [2.05, 4.69) is 10.2 Å². The SMILES string of the molecule is CN(CCO)c1ccc(N=Nc2ccc(S(=O)(=O)O)cc2)cc1. The summed E-state index contributed by atoms with van der Waals surface area (Å²) in [4.78, 5) is 1.72. The van der Waals surface area contributed by atoms with E-state index in [-0.39, 0.29) is 11.5 Å². The number of likely N-dealkylation sites (N-methyl/N-ethyl adjacent to an activating group) is 1. The summed E-state index contributed by atoms with van der Waals surface area (Å²) in [6.07, 6.45) is 0. The van der Waals surface area contributed by atoms with Gasteiger partial charge in [-0.05, 0) is 48.5 Å². The third kappa shape index (κ3) is 4.85. The number of aliphatic hydroxyl groups is 1. The Labute approximate surface area is 134 Å². The van der Waals surface area contributed by atoms with Crippen LogP contribution < -0.4 is 4.90 Å². The second kappa shape index (κ2) is 7.32. The summed E-state index contributed by atoms with van der Waals surface area (Å²) >= 11 is 0. The van der Waals surface area contributed by atoms with Crippen LogP contribution >= 0.6 is 0 Å². The van der Waals surface area contributed by atoms with Crippen LogP contribution in [0.3, 0.4) is 0 Å². The van der Waals surface area contributed by atoms with Gasteiger partial charge in [0.05, 0.1) is 22.9 Å². The van der Waals surface area contributed by atoms with Crippen molar-refractivity contribution in [2.45, 2.75) is 4.90 Å². The molecule has 0 spiro atoms. The van der Waals surface area contributed by atoms with Gasteiger partial charge in [0.25, 0.3) is 10.1 Å². The zero-order valence-corrected chi connectivity index (χ0v) is 13.3. The van der Waals surface area contributed by atoms with E-state index >= 15 is 0 Å². The van der Waals surface area contributed by atoms with Gasteiger partial charge in [0.1, 0.15) is 0 Å². The number of nitrogens with zero attached hydrogens (tertiary/aromatic N) is 3. The molecule has 0 aromatic heterocycles. The van der Waals surface area contributed by atoms with E-state index in [1.165, 1.54) is 24.3 Å². The second-order valence-electron chi connectivity index (χ2n) is 4.83. The summed E-state index contributed by atoms with van der Waals surface area (Å²) in [7, 11) is -2.32. The van der Waals surface area contributed by atoms with Gasteiger partial charge in [-0.1, -0.05) is 0 Å². The predicted octanol–water partition coefficient (Wildman–Crippen LogP) is 2.78. The van der Waals surface area contributed by atoms with Crippen molar-refractivity contribution in [1.82, 2.24) is 0 Å². The maximum Gasteiger partial charge on any atom is 0.294 e. The number of hydrogen-bond donors (Lipinski definition) is 2. The van der Waals surface area contributed by atoms with E-state index in [4.69, 9.17) is 9.66 Å². The Hall–Kier alpha value is -2.29. The molecule has 0 aliphatic rings. The fourth-order valence-electron chi connectivity index (χ4n) is 1.85. The first-order valence-corrected chi connectivity index (χ1v) is 8.25. The van der Waals surface area contributed by atoms with Gasteiger partial charge in [0.15, 0.2) is 0 Å². The highest BCUT2D eigenvalue weighted by Crippen LogP contribution is 2.22. The molecule has 0 heterocycles. The zero-order valence-electron chi connectivity index (χ0n) is 12.5. The molecule has 0 aliphatic heterocycles. The summed E-state index contributed by atoms with van der Waals surface area (Å²) in [6, 6.07) is 12.7. The molecule has 0 saturated carbocycles. The molecule has 2 rings (SSSR count). The molecular weight excluding hydrogens is 318 g/mol. The van der Waals surface area contributed by atoms with Crippen molar-refractivity contribution < 1.29 is 18.1 Å². The minimum Gasteiger partial charge on any atom is -0.395 e. The average Bonchev–Trinajstić information content (AvgIpc) is 2.53. The summed E-state index contributed by atoms with van der Waals surface area (Å²) in [6.45, 7) is 0.624. The molecule has 0 atom stereocenters. The van der Waals surface area contributed by atoms with Gasteiger partial charge in [-0.15, -0.1) is 0 Å².